The summed E-state index contributed by atoms with van der Waals surface area (Å²) < 4.78 is 133. The van der Waals surface area contributed by atoms with E-state index < -0.39 is 77.8 Å². The van der Waals surface area contributed by atoms with Gasteiger partial charge in [-0.25, -0.2) is 71.4 Å². The fourth-order valence-corrected chi connectivity index (χ4v) is 8.17. The Labute approximate surface area is 414 Å². The number of nitrogens with one attached hydrogen (secondary N) is 2. The molecule has 12 N–H and O–H groups in total. The zero-order valence-corrected chi connectivity index (χ0v) is 43.8. The van der Waals surface area contributed by atoms with E-state index in [1.54, 1.807) is 52.1 Å². The summed E-state index contributed by atoms with van der Waals surface area (Å²) in [5.74, 6) is 2.42. The molecule has 0 aromatic rings. The zero-order valence-electron chi connectivity index (χ0n) is 36.6. The number of nitrogens with two attached hydrogens (primary N) is 2. The average molecular weight is 1140 g/mol. The fraction of sp³-hybridized carbons (Fsp3) is 0.879. The van der Waals surface area contributed by atoms with E-state index >= 15 is 0 Å². The van der Waals surface area contributed by atoms with Crippen molar-refractivity contribution in [3.63, 3.8) is 0 Å². The van der Waals surface area contributed by atoms with E-state index in [0.29, 0.717) is 51.0 Å². The molecule has 3 rings (SSSR count). The average Bonchev–Trinajstić information content (AvgIpc) is 4.03. The Bertz CT molecular complexity index is 1880. The number of carbonyl (C=O) groups excluding carboxylic acids is 2. The van der Waals surface area contributed by atoms with Crippen molar-refractivity contribution in [3.8, 4) is 11.9 Å². The monoisotopic (exact) mass is 1140 g/mol. The molecule has 33 heteroatoms. The van der Waals surface area contributed by atoms with Gasteiger partial charge in [-0.1, -0.05) is 14.9 Å². The molecule has 1 heterocycles. The van der Waals surface area contributed by atoms with Gasteiger partial charge >= 0.3 is 41.1 Å². The molecule has 0 bridgehead atoms. The number of aliphatic hydroxyl groups excluding tert-OH is 1. The predicted octanol–water partition coefficient (Wildman–Crippen LogP) is 3.73. The number of aliphatic hydroxyl groups is 1. The van der Waals surface area contributed by atoms with Crippen LogP contribution in [-0.2, 0) is 68.1 Å². The number of primary sulfonamides is 2. The molecule has 2 aliphatic carbocycles. The molecule has 0 radical (unpaired) electrons. The number of carbonyl (C=O) groups is 2. The van der Waals surface area contributed by atoms with Gasteiger partial charge in [0.2, 0.25) is 49.1 Å². The largest absolute Gasteiger partial charge is 0.232 e. The van der Waals surface area contributed by atoms with E-state index in [4.69, 9.17) is 74.6 Å². The van der Waals surface area contributed by atoms with Gasteiger partial charge < -0.3 is 25.8 Å². The van der Waals surface area contributed by atoms with E-state index in [0.717, 1.165) is 26.1 Å². The van der Waals surface area contributed by atoms with E-state index in [1.165, 1.54) is 18.9 Å². The summed E-state index contributed by atoms with van der Waals surface area (Å²) in [6.45, 7) is 12.0. The Hall–Kier alpha value is -1.53. The van der Waals surface area contributed by atoms with E-state index in [2.05, 4.69) is 5.14 Å². The molecule has 0 unspecified atom stereocenters. The van der Waals surface area contributed by atoms with Crippen LogP contribution in [0, 0.1) is 11.9 Å². The summed E-state index contributed by atoms with van der Waals surface area (Å²) in [4.78, 5) is 22.2. The molecule has 3 aliphatic rings. The molecule has 0 atom stereocenters. The third-order valence-electron chi connectivity index (χ3n) is 5.80. The maximum absolute atomic E-state index is 11.3. The number of ether oxygens (including phenoxy) is 3. The minimum Gasteiger partial charge on any atom is -0.212 e. The fourth-order valence-electron chi connectivity index (χ4n) is 3.01. The minimum absolute atomic E-state index is 0. The smallest absolute Gasteiger partial charge is 0.212 e. The van der Waals surface area contributed by atoms with Gasteiger partial charge in [0.05, 0.1) is 27.8 Å². The molecule has 3 fully saturated rings. The molecule has 0 aromatic carbocycles. The zero-order chi connectivity index (χ0) is 49.5. The predicted molar refractivity (Wildman–Crippen MR) is 263 cm³/mol. The summed E-state index contributed by atoms with van der Waals surface area (Å²) in [5.41, 5.74) is -1.39. The molecular weight excluding hydrogens is 1070 g/mol. The van der Waals surface area contributed by atoms with Crippen molar-refractivity contribution in [2.75, 3.05) is 48.1 Å². The van der Waals surface area contributed by atoms with Crippen LogP contribution in [0.5, 0.6) is 0 Å². The van der Waals surface area contributed by atoms with Crippen molar-refractivity contribution in [2.24, 2.45) is 10.3 Å². The van der Waals surface area contributed by atoms with Crippen molar-refractivity contribution in [1.29, 1.82) is 0 Å². The number of hydrogen-bond donors (Lipinski definition) is 6. The maximum atomic E-state index is 11.3. The summed E-state index contributed by atoms with van der Waals surface area (Å²) in [6, 6.07) is 0. The first-order chi connectivity index (χ1) is 28.0. The third-order valence-corrected chi connectivity index (χ3v) is 13.2. The molecule has 400 valence electrons. The molecule has 0 aromatic heterocycles. The summed E-state index contributed by atoms with van der Waals surface area (Å²) in [7, 11) is -11.7. The maximum Gasteiger partial charge on any atom is 0.232 e. The number of halogens is 4. The summed E-state index contributed by atoms with van der Waals surface area (Å²) in [5, 5.41) is 16.2. The van der Waals surface area contributed by atoms with Gasteiger partial charge in [0, 0.05) is 41.5 Å². The van der Waals surface area contributed by atoms with E-state index in [9.17, 15) is 51.7 Å². The van der Waals surface area contributed by atoms with E-state index in [1.807, 2.05) is 4.72 Å². The van der Waals surface area contributed by atoms with Gasteiger partial charge in [-0.3, -0.25) is 0 Å². The quantitative estimate of drug-likeness (QED) is 0.0662. The molecule has 1 saturated heterocycles. The van der Waals surface area contributed by atoms with Crippen molar-refractivity contribution in [2.45, 2.75) is 136 Å². The van der Waals surface area contributed by atoms with Gasteiger partial charge in [0.15, 0.2) is 0 Å². The Morgan fingerprint density at radius 3 is 1.27 bits per heavy atom. The van der Waals surface area contributed by atoms with Crippen molar-refractivity contribution < 1.29 is 81.2 Å². The molecule has 2 amide bonds. The second kappa shape index (κ2) is 41.3. The number of sulfonamides is 4. The SMILES string of the molecule is C.C.C1CCOC1.CC(C)(C)OC(=O)NS(=O)(=O)C1CC1.CC(C)(C)OC(=O)NS(=O)(=O)CCCCl.N.NS(=O)(=O)C1CC1.NS(=O)(=O)CCCCl.O.O=BC#CO.O=S(=O)(Cl)CCCCl. The van der Waals surface area contributed by atoms with Crippen LogP contribution in [-0.4, -0.2) is 142 Å². The third kappa shape index (κ3) is 69.0. The number of rotatable bonds is 13. The first-order valence-electron chi connectivity index (χ1n) is 18.3. The topological polar surface area (TPSA) is 412 Å². The van der Waals surface area contributed by atoms with Crippen LogP contribution in [0.25, 0.3) is 0 Å². The van der Waals surface area contributed by atoms with Crippen molar-refractivity contribution in [3.05, 3.63) is 0 Å². The number of amides is 2. The van der Waals surface area contributed by atoms with Crippen LogP contribution < -0.4 is 25.9 Å². The summed E-state index contributed by atoms with van der Waals surface area (Å²) in [6.07, 6.45) is 6.01. The minimum atomic E-state index is -3.62. The van der Waals surface area contributed by atoms with Crippen LogP contribution in [0.1, 0.15) is 114 Å². The van der Waals surface area contributed by atoms with Crippen LogP contribution in [0.2, 0.25) is 0 Å². The second-order valence-electron chi connectivity index (χ2n) is 14.5. The van der Waals surface area contributed by atoms with Crippen LogP contribution >= 0.6 is 45.5 Å². The van der Waals surface area contributed by atoms with Crippen molar-refractivity contribution >= 4 is 114 Å². The first-order valence-corrected chi connectivity index (χ1v) is 28.9. The molecular formula is C33H74BCl4N5O18S5. The normalized spacial score (nSPS) is 13.8. The number of hydrogen-bond acceptors (Lipinski definition) is 18. The Morgan fingerprint density at radius 2 is 1.08 bits per heavy atom. The summed E-state index contributed by atoms with van der Waals surface area (Å²) >= 11 is 15.7. The van der Waals surface area contributed by atoms with Crippen LogP contribution in [0.3, 0.4) is 0 Å². The second-order valence-corrected chi connectivity index (χ2v) is 25.9. The molecule has 1 aliphatic heterocycles. The standard InChI is InChI=1S/C8H16ClNO4S.C8H15NO4S.C4H8O.C3H6Cl2O2S.C3H8ClNO2S.C3H7NO2S.C2HBO2.2CH4.H3N.H2O/c1-8(2,3)14-7(11)10-15(12,13)6-4-5-9;1-8(2,3)13-7(10)9-14(11,12)6-4-5-6;1-2-4-5-3-1;2*4-2-1-3-8(5,6)7;4-7(5,6)3-1-2-3;4-2-1-3-5;;;;/h4-6H2,1-3H3,(H,10,11);6H,4-5H2,1-3H3,(H,9,10);1-4H2;1-3H2;1-3H2,(H2,5,6,7);3H,1-2H2,(H2,4,5,6);4H;2*1H4;1H3;1H2. The van der Waals surface area contributed by atoms with Gasteiger partial charge in [-0.2, -0.15) is 0 Å². The van der Waals surface area contributed by atoms with Gasteiger partial charge in [-0.05, 0) is 99.3 Å². The number of alkyl halides is 3. The van der Waals surface area contributed by atoms with Gasteiger partial charge in [0.25, 0.3) is 0 Å². The van der Waals surface area contributed by atoms with E-state index in [-0.39, 0.29) is 54.9 Å². The van der Waals surface area contributed by atoms with Crippen molar-refractivity contribution in [1.82, 2.24) is 15.6 Å². The Morgan fingerprint density at radius 1 is 0.712 bits per heavy atom. The van der Waals surface area contributed by atoms with Gasteiger partial charge in [0.1, 0.15) is 11.2 Å². The van der Waals surface area contributed by atoms with Gasteiger partial charge in [-0.15, -0.1) is 34.8 Å². The Balaban J connectivity index is -0.000000102. The Kier molecular flexibility index (Phi) is 50.9. The molecule has 2 saturated carbocycles. The molecule has 23 nitrogen and oxygen atoms in total. The molecule has 0 spiro atoms. The molecule has 66 heavy (non-hydrogen) atoms. The first kappa shape index (κ1) is 81.4. The van der Waals surface area contributed by atoms with Crippen LogP contribution in [0.15, 0.2) is 0 Å². The van der Waals surface area contributed by atoms with Crippen LogP contribution in [0.4, 0.5) is 9.59 Å².